The third kappa shape index (κ3) is 2.00. The van der Waals surface area contributed by atoms with Gasteiger partial charge in [0.1, 0.15) is 6.04 Å². The largest absolute Gasteiger partial charge is 0.295 e. The molecule has 2 aliphatic heterocycles. The molecule has 0 saturated carbocycles. The Morgan fingerprint density at radius 1 is 1.18 bits per heavy atom. The Morgan fingerprint density at radius 3 is 2.59 bits per heavy atom. The first kappa shape index (κ1) is 13.8. The molecule has 1 saturated heterocycles. The van der Waals surface area contributed by atoms with E-state index in [-0.39, 0.29) is 29.7 Å². The normalized spacial score (nSPS) is 20.5. The summed E-state index contributed by atoms with van der Waals surface area (Å²) >= 11 is 0. The van der Waals surface area contributed by atoms with Crippen LogP contribution in [0, 0.1) is 0 Å². The summed E-state index contributed by atoms with van der Waals surface area (Å²) in [7, 11) is 0. The van der Waals surface area contributed by atoms with Crippen LogP contribution in [0.2, 0.25) is 0 Å². The first-order valence-corrected chi connectivity index (χ1v) is 6.43. The lowest BCUT2D eigenvalue weighted by atomic mass is 10.0. The topological polar surface area (TPSA) is 132 Å². The summed E-state index contributed by atoms with van der Waals surface area (Å²) in [6.07, 6.45) is 0.160. The molecule has 1 atom stereocenters. The molecular formula is C13H9N5O4. The summed E-state index contributed by atoms with van der Waals surface area (Å²) < 4.78 is 0. The minimum Gasteiger partial charge on any atom is -0.295 e. The fourth-order valence-corrected chi connectivity index (χ4v) is 2.57. The van der Waals surface area contributed by atoms with Crippen molar-refractivity contribution in [2.45, 2.75) is 18.9 Å². The van der Waals surface area contributed by atoms with Crippen molar-refractivity contribution in [2.75, 3.05) is 0 Å². The third-order valence-corrected chi connectivity index (χ3v) is 3.58. The fraction of sp³-hybridized carbons (Fsp3) is 0.231. The van der Waals surface area contributed by atoms with E-state index in [0.717, 1.165) is 4.90 Å². The van der Waals surface area contributed by atoms with Crippen molar-refractivity contribution in [3.63, 3.8) is 0 Å². The lowest BCUT2D eigenvalue weighted by molar-refractivity contribution is -0.136. The van der Waals surface area contributed by atoms with Gasteiger partial charge in [0, 0.05) is 17.0 Å². The van der Waals surface area contributed by atoms with Crippen molar-refractivity contribution < 1.29 is 19.2 Å². The van der Waals surface area contributed by atoms with Gasteiger partial charge in [0.2, 0.25) is 11.8 Å². The molecular weight excluding hydrogens is 290 g/mol. The van der Waals surface area contributed by atoms with Crippen LogP contribution in [0.4, 0.5) is 5.69 Å². The molecule has 0 bridgehead atoms. The van der Waals surface area contributed by atoms with Crippen molar-refractivity contribution in [3.8, 4) is 0 Å². The highest BCUT2D eigenvalue weighted by molar-refractivity contribution is 6.23. The summed E-state index contributed by atoms with van der Waals surface area (Å²) in [4.78, 5) is 51.2. The zero-order valence-corrected chi connectivity index (χ0v) is 11.1. The van der Waals surface area contributed by atoms with Gasteiger partial charge in [-0.25, -0.2) is 0 Å². The average molecular weight is 299 g/mol. The van der Waals surface area contributed by atoms with Crippen LogP contribution in [0.3, 0.4) is 0 Å². The Balaban J connectivity index is 1.98. The van der Waals surface area contributed by atoms with Crippen LogP contribution in [0.25, 0.3) is 10.4 Å². The minimum atomic E-state index is -1.01. The zero-order valence-electron chi connectivity index (χ0n) is 11.1. The molecule has 22 heavy (non-hydrogen) atoms. The number of azide groups is 1. The van der Waals surface area contributed by atoms with Crippen LogP contribution >= 0.6 is 0 Å². The monoisotopic (exact) mass is 299 g/mol. The number of fused-ring (bicyclic) bond motifs is 1. The molecule has 2 heterocycles. The van der Waals surface area contributed by atoms with Crippen molar-refractivity contribution in [2.24, 2.45) is 5.11 Å². The maximum atomic E-state index is 12.4. The highest BCUT2D eigenvalue weighted by Crippen LogP contribution is 2.30. The van der Waals surface area contributed by atoms with Gasteiger partial charge >= 0.3 is 0 Å². The molecule has 110 valence electrons. The molecule has 4 amide bonds. The molecule has 0 aliphatic carbocycles. The van der Waals surface area contributed by atoms with Gasteiger partial charge < -0.3 is 0 Å². The van der Waals surface area contributed by atoms with E-state index in [1.54, 1.807) is 0 Å². The highest BCUT2D eigenvalue weighted by Gasteiger charge is 2.44. The first-order valence-electron chi connectivity index (χ1n) is 6.43. The van der Waals surface area contributed by atoms with Crippen molar-refractivity contribution in [1.29, 1.82) is 0 Å². The Kier molecular flexibility index (Phi) is 3.11. The molecule has 2 aliphatic rings. The van der Waals surface area contributed by atoms with Crippen LogP contribution < -0.4 is 5.32 Å². The van der Waals surface area contributed by atoms with E-state index < -0.39 is 29.7 Å². The van der Waals surface area contributed by atoms with Crippen LogP contribution in [0.5, 0.6) is 0 Å². The molecule has 0 radical (unpaired) electrons. The fourth-order valence-electron chi connectivity index (χ4n) is 2.57. The second-order valence-electron chi connectivity index (χ2n) is 4.87. The van der Waals surface area contributed by atoms with E-state index in [1.165, 1.54) is 18.2 Å². The molecule has 0 spiro atoms. The van der Waals surface area contributed by atoms with Gasteiger partial charge in [-0.3, -0.25) is 29.4 Å². The van der Waals surface area contributed by atoms with Gasteiger partial charge in [0.25, 0.3) is 11.8 Å². The Hall–Kier alpha value is -3.19. The summed E-state index contributed by atoms with van der Waals surface area (Å²) in [5.41, 5.74) is 8.84. The number of carbonyl (C=O) groups is 4. The van der Waals surface area contributed by atoms with Crippen LogP contribution in [0.15, 0.2) is 23.3 Å². The number of nitrogens with one attached hydrogen (secondary N) is 1. The van der Waals surface area contributed by atoms with Crippen LogP contribution in [0.1, 0.15) is 33.6 Å². The van der Waals surface area contributed by atoms with E-state index in [2.05, 4.69) is 15.3 Å². The maximum Gasteiger partial charge on any atom is 0.262 e. The number of carbonyl (C=O) groups excluding carboxylic acids is 4. The second-order valence-corrected chi connectivity index (χ2v) is 4.87. The number of rotatable bonds is 2. The van der Waals surface area contributed by atoms with Crippen molar-refractivity contribution >= 4 is 29.3 Å². The summed E-state index contributed by atoms with van der Waals surface area (Å²) in [6, 6.07) is 3.10. The minimum absolute atomic E-state index is 0.0633. The van der Waals surface area contributed by atoms with E-state index in [9.17, 15) is 19.2 Å². The predicted molar refractivity (Wildman–Crippen MR) is 71.9 cm³/mol. The van der Waals surface area contributed by atoms with E-state index >= 15 is 0 Å². The quantitative estimate of drug-likeness (QED) is 0.378. The van der Waals surface area contributed by atoms with E-state index in [4.69, 9.17) is 5.53 Å². The third-order valence-electron chi connectivity index (χ3n) is 3.58. The summed E-state index contributed by atoms with van der Waals surface area (Å²) in [6.45, 7) is 0. The molecule has 9 heteroatoms. The van der Waals surface area contributed by atoms with E-state index in [0.29, 0.717) is 0 Å². The number of benzene rings is 1. The van der Waals surface area contributed by atoms with Gasteiger partial charge in [0.05, 0.1) is 11.1 Å². The number of imide groups is 2. The zero-order chi connectivity index (χ0) is 15.9. The smallest absolute Gasteiger partial charge is 0.262 e. The standard InChI is InChI=1S/C13H9N5O4/c14-17-16-6-1-2-7-8(5-6)13(22)18(12(7)21)9-3-4-10(19)15-11(9)20/h1-2,5,9H,3-4H2,(H,15,19,20). The molecule has 1 aromatic carbocycles. The maximum absolute atomic E-state index is 12.4. The lowest BCUT2D eigenvalue weighted by Gasteiger charge is -2.27. The number of piperidine rings is 1. The Labute approximate surface area is 123 Å². The molecule has 1 unspecified atom stereocenters. The van der Waals surface area contributed by atoms with Gasteiger partial charge in [-0.2, -0.15) is 0 Å². The number of nitrogens with zero attached hydrogens (tertiary/aromatic N) is 4. The number of hydrogen-bond acceptors (Lipinski definition) is 5. The highest BCUT2D eigenvalue weighted by atomic mass is 16.2. The molecule has 9 nitrogen and oxygen atoms in total. The SMILES string of the molecule is [N-]=[N+]=Nc1ccc2c(c1)C(=O)N(C1CCC(=O)NC1=O)C2=O. The number of hydrogen-bond donors (Lipinski definition) is 1. The molecule has 1 fully saturated rings. The second kappa shape index (κ2) is 4.97. The summed E-state index contributed by atoms with van der Waals surface area (Å²) in [5.74, 6) is -2.32. The van der Waals surface area contributed by atoms with Gasteiger partial charge in [-0.15, -0.1) is 0 Å². The summed E-state index contributed by atoms with van der Waals surface area (Å²) in [5, 5.41) is 5.50. The first-order chi connectivity index (χ1) is 10.5. The van der Waals surface area contributed by atoms with Crippen molar-refractivity contribution in [1.82, 2.24) is 10.2 Å². The lowest BCUT2D eigenvalue weighted by Crippen LogP contribution is -2.54. The van der Waals surface area contributed by atoms with Gasteiger partial charge in [0.15, 0.2) is 0 Å². The Morgan fingerprint density at radius 2 is 1.91 bits per heavy atom. The molecule has 1 N–H and O–H groups in total. The number of amides is 4. The molecule has 3 rings (SSSR count). The Bertz CT molecular complexity index is 781. The molecule has 0 aromatic heterocycles. The van der Waals surface area contributed by atoms with E-state index in [1.807, 2.05) is 0 Å². The van der Waals surface area contributed by atoms with Gasteiger partial charge in [-0.1, -0.05) is 11.2 Å². The predicted octanol–water partition coefficient (Wildman–Crippen LogP) is 1.03. The van der Waals surface area contributed by atoms with Crippen LogP contribution in [-0.4, -0.2) is 34.6 Å². The van der Waals surface area contributed by atoms with Gasteiger partial charge in [-0.05, 0) is 24.1 Å². The average Bonchev–Trinajstić information content (AvgIpc) is 2.72. The molecule has 1 aromatic rings. The van der Waals surface area contributed by atoms with Crippen LogP contribution in [-0.2, 0) is 9.59 Å². The van der Waals surface area contributed by atoms with Crippen molar-refractivity contribution in [3.05, 3.63) is 39.8 Å².